The van der Waals surface area contributed by atoms with Crippen molar-refractivity contribution in [3.8, 4) is 0 Å². The van der Waals surface area contributed by atoms with Gasteiger partial charge in [-0.05, 0) is 30.5 Å². The molecule has 0 radical (unpaired) electrons. The topological polar surface area (TPSA) is 66.6 Å². The van der Waals surface area contributed by atoms with E-state index in [-0.39, 0.29) is 18.6 Å². The number of hydrogen-bond donors (Lipinski definition) is 1. The van der Waals surface area contributed by atoms with Crippen LogP contribution in [0.15, 0.2) is 54.6 Å². The summed E-state index contributed by atoms with van der Waals surface area (Å²) in [6.45, 7) is 2.43. The van der Waals surface area contributed by atoms with E-state index in [9.17, 15) is 9.59 Å². The van der Waals surface area contributed by atoms with E-state index in [0.29, 0.717) is 6.54 Å². The first-order chi connectivity index (χ1) is 11.6. The lowest BCUT2D eigenvalue weighted by Crippen LogP contribution is -2.47. The predicted octanol–water partition coefficient (Wildman–Crippen LogP) is 2.72. The molecule has 1 aliphatic heterocycles. The van der Waals surface area contributed by atoms with Gasteiger partial charge in [-0.15, -0.1) is 0 Å². The van der Waals surface area contributed by atoms with E-state index in [0.717, 1.165) is 23.2 Å². The van der Waals surface area contributed by atoms with Gasteiger partial charge in [-0.3, -0.25) is 9.69 Å². The van der Waals surface area contributed by atoms with Crippen LogP contribution in [0, 0.1) is 0 Å². The van der Waals surface area contributed by atoms with Crippen molar-refractivity contribution in [3.05, 3.63) is 65.7 Å². The van der Waals surface area contributed by atoms with Gasteiger partial charge in [0.05, 0.1) is 6.04 Å². The summed E-state index contributed by atoms with van der Waals surface area (Å²) in [6, 6.07) is 17.1. The quantitative estimate of drug-likeness (QED) is 0.940. The second-order valence-electron chi connectivity index (χ2n) is 5.99. The van der Waals surface area contributed by atoms with Crippen LogP contribution in [0.3, 0.4) is 0 Å². The van der Waals surface area contributed by atoms with Crippen molar-refractivity contribution < 1.29 is 9.59 Å². The van der Waals surface area contributed by atoms with Crippen LogP contribution < -0.4 is 10.6 Å². The van der Waals surface area contributed by atoms with E-state index in [1.807, 2.05) is 61.5 Å². The van der Waals surface area contributed by atoms with Gasteiger partial charge < -0.3 is 10.6 Å². The van der Waals surface area contributed by atoms with Crippen LogP contribution in [0.1, 0.15) is 24.1 Å². The Kier molecular flexibility index (Phi) is 4.51. The molecular weight excluding hydrogens is 302 g/mol. The van der Waals surface area contributed by atoms with Crippen molar-refractivity contribution >= 4 is 17.6 Å². The van der Waals surface area contributed by atoms with E-state index in [4.69, 9.17) is 5.73 Å². The lowest BCUT2D eigenvalue weighted by Gasteiger charge is -2.32. The monoisotopic (exact) mass is 323 g/mol. The zero-order valence-electron chi connectivity index (χ0n) is 13.7. The minimum absolute atomic E-state index is 0.104. The Balaban J connectivity index is 1.89. The molecule has 0 fully saturated rings. The molecule has 0 bridgehead atoms. The molecule has 1 aliphatic rings. The fourth-order valence-electron chi connectivity index (χ4n) is 3.14. The van der Waals surface area contributed by atoms with Gasteiger partial charge in [0.1, 0.15) is 6.54 Å². The molecule has 0 saturated carbocycles. The van der Waals surface area contributed by atoms with Crippen LogP contribution in [-0.2, 0) is 11.2 Å². The highest BCUT2D eigenvalue weighted by Gasteiger charge is 2.31. The average molecular weight is 323 g/mol. The number of nitrogens with zero attached hydrogens (tertiary/aromatic N) is 2. The second kappa shape index (κ2) is 6.74. The van der Waals surface area contributed by atoms with Gasteiger partial charge in [0.25, 0.3) is 0 Å². The number of para-hydroxylation sites is 1. The van der Waals surface area contributed by atoms with Gasteiger partial charge in [0.2, 0.25) is 5.91 Å². The molecule has 1 atom stereocenters. The van der Waals surface area contributed by atoms with E-state index in [2.05, 4.69) is 0 Å². The Bertz CT molecular complexity index is 745. The van der Waals surface area contributed by atoms with Crippen molar-refractivity contribution in [3.63, 3.8) is 0 Å². The number of fused-ring (bicyclic) bond motifs is 1. The number of carbonyl (C=O) groups is 2. The average Bonchev–Trinajstić information content (AvgIpc) is 3.03. The largest absolute Gasteiger partial charge is 0.368 e. The molecule has 0 saturated heterocycles. The van der Waals surface area contributed by atoms with E-state index >= 15 is 0 Å². The Morgan fingerprint density at radius 2 is 1.79 bits per heavy atom. The molecule has 24 heavy (non-hydrogen) atoms. The van der Waals surface area contributed by atoms with Crippen LogP contribution in [0.25, 0.3) is 0 Å². The molecule has 3 rings (SSSR count). The first-order valence-electron chi connectivity index (χ1n) is 8.07. The third-order valence-electron chi connectivity index (χ3n) is 4.44. The van der Waals surface area contributed by atoms with E-state index in [1.54, 1.807) is 9.80 Å². The summed E-state index contributed by atoms with van der Waals surface area (Å²) in [6.07, 6.45) is 0.825. The molecule has 0 unspecified atom stereocenters. The SMILES string of the molecule is C[C@H](c1ccccc1)N(CC(N)=O)C(=O)N1CCc2ccccc21. The maximum Gasteiger partial charge on any atom is 0.325 e. The van der Waals surface area contributed by atoms with Gasteiger partial charge in [-0.25, -0.2) is 4.79 Å². The molecule has 0 aromatic heterocycles. The number of rotatable bonds is 4. The van der Waals surface area contributed by atoms with Crippen molar-refractivity contribution in [1.82, 2.24) is 4.90 Å². The van der Waals surface area contributed by atoms with Crippen molar-refractivity contribution in [2.75, 3.05) is 18.0 Å². The summed E-state index contributed by atoms with van der Waals surface area (Å²) in [4.78, 5) is 27.9. The highest BCUT2D eigenvalue weighted by molar-refractivity contribution is 5.96. The standard InChI is InChI=1S/C19H21N3O2/c1-14(15-7-3-2-4-8-15)22(13-18(20)23)19(24)21-12-11-16-9-5-6-10-17(16)21/h2-10,14H,11-13H2,1H3,(H2,20,23)/t14-/m1/s1. The number of urea groups is 1. The molecule has 0 spiro atoms. The van der Waals surface area contributed by atoms with Crippen molar-refractivity contribution in [2.45, 2.75) is 19.4 Å². The lowest BCUT2D eigenvalue weighted by atomic mass is 10.1. The van der Waals surface area contributed by atoms with Gasteiger partial charge in [-0.2, -0.15) is 0 Å². The fraction of sp³-hybridized carbons (Fsp3) is 0.263. The number of anilines is 1. The Labute approximate surface area is 141 Å². The molecule has 3 amide bonds. The zero-order valence-corrected chi connectivity index (χ0v) is 13.7. The normalized spacial score (nSPS) is 14.1. The molecule has 124 valence electrons. The predicted molar refractivity (Wildman–Crippen MR) is 93.6 cm³/mol. The zero-order chi connectivity index (χ0) is 17.1. The summed E-state index contributed by atoms with van der Waals surface area (Å²) in [5.41, 5.74) is 8.43. The van der Waals surface area contributed by atoms with Crippen LogP contribution in [0.4, 0.5) is 10.5 Å². The minimum atomic E-state index is -0.515. The first kappa shape index (κ1) is 16.1. The molecule has 2 aromatic carbocycles. The van der Waals surface area contributed by atoms with Crippen LogP contribution in [0.2, 0.25) is 0 Å². The smallest absolute Gasteiger partial charge is 0.325 e. The van der Waals surface area contributed by atoms with Crippen molar-refractivity contribution in [2.24, 2.45) is 5.73 Å². The summed E-state index contributed by atoms with van der Waals surface area (Å²) in [5.74, 6) is -0.515. The highest BCUT2D eigenvalue weighted by Crippen LogP contribution is 2.30. The summed E-state index contributed by atoms with van der Waals surface area (Å²) >= 11 is 0. The summed E-state index contributed by atoms with van der Waals surface area (Å²) in [5, 5.41) is 0. The van der Waals surface area contributed by atoms with Crippen LogP contribution in [0.5, 0.6) is 0 Å². The van der Waals surface area contributed by atoms with Crippen molar-refractivity contribution in [1.29, 1.82) is 0 Å². The summed E-state index contributed by atoms with van der Waals surface area (Å²) in [7, 11) is 0. The Morgan fingerprint density at radius 1 is 1.12 bits per heavy atom. The third kappa shape index (κ3) is 3.11. The number of amides is 3. The summed E-state index contributed by atoms with van der Waals surface area (Å²) < 4.78 is 0. The van der Waals surface area contributed by atoms with Gasteiger partial charge >= 0.3 is 6.03 Å². The van der Waals surface area contributed by atoms with Crippen LogP contribution >= 0.6 is 0 Å². The van der Waals surface area contributed by atoms with Gasteiger partial charge in [0.15, 0.2) is 0 Å². The molecule has 5 heteroatoms. The Morgan fingerprint density at radius 3 is 2.50 bits per heavy atom. The Hall–Kier alpha value is -2.82. The number of carbonyl (C=O) groups excluding carboxylic acids is 2. The fourth-order valence-corrected chi connectivity index (χ4v) is 3.14. The molecule has 2 aromatic rings. The van der Waals surface area contributed by atoms with Gasteiger partial charge in [-0.1, -0.05) is 48.5 Å². The number of benzene rings is 2. The molecule has 5 nitrogen and oxygen atoms in total. The molecular formula is C19H21N3O2. The van der Waals surface area contributed by atoms with E-state index < -0.39 is 5.91 Å². The number of hydrogen-bond acceptors (Lipinski definition) is 2. The molecule has 2 N–H and O–H groups in total. The first-order valence-corrected chi connectivity index (χ1v) is 8.07. The van der Waals surface area contributed by atoms with Crippen LogP contribution in [-0.4, -0.2) is 29.9 Å². The van der Waals surface area contributed by atoms with Gasteiger partial charge in [0, 0.05) is 12.2 Å². The minimum Gasteiger partial charge on any atom is -0.368 e. The number of primary amides is 1. The lowest BCUT2D eigenvalue weighted by molar-refractivity contribution is -0.118. The molecule has 0 aliphatic carbocycles. The number of nitrogens with two attached hydrogens (primary N) is 1. The second-order valence-corrected chi connectivity index (χ2v) is 5.99. The van der Waals surface area contributed by atoms with E-state index in [1.165, 1.54) is 0 Å². The maximum atomic E-state index is 13.1. The highest BCUT2D eigenvalue weighted by atomic mass is 16.2. The maximum absolute atomic E-state index is 13.1. The third-order valence-corrected chi connectivity index (χ3v) is 4.44. The molecule has 1 heterocycles.